The van der Waals surface area contributed by atoms with Crippen LogP contribution in [0, 0.1) is 34.9 Å². The Morgan fingerprint density at radius 1 is 1.22 bits per heavy atom. The van der Waals surface area contributed by atoms with E-state index in [2.05, 4.69) is 31.4 Å². The Hall–Kier alpha value is -1.55. The van der Waals surface area contributed by atoms with Crippen molar-refractivity contribution in [3.63, 3.8) is 0 Å². The number of aryl methyl sites for hydroxylation is 1. The van der Waals surface area contributed by atoms with Crippen LogP contribution in [-0.2, 0) is 6.42 Å². The summed E-state index contributed by atoms with van der Waals surface area (Å²) in [5.74, 6) is 7.76. The molecule has 3 aliphatic rings. The minimum atomic E-state index is -0.147. The third-order valence-corrected chi connectivity index (χ3v) is 7.03. The SMILES string of the molecule is C=C1CCC2C3CCc4cc(F)c(C#CC)cc4C3CCC12C. The summed E-state index contributed by atoms with van der Waals surface area (Å²) < 4.78 is 14.2. The molecular formula is C22H25F. The van der Waals surface area contributed by atoms with Crippen molar-refractivity contribution in [2.75, 3.05) is 0 Å². The van der Waals surface area contributed by atoms with Crippen molar-refractivity contribution in [1.29, 1.82) is 0 Å². The van der Waals surface area contributed by atoms with Crippen molar-refractivity contribution in [3.8, 4) is 11.8 Å². The molecule has 1 aromatic carbocycles. The largest absolute Gasteiger partial charge is 0.206 e. The van der Waals surface area contributed by atoms with E-state index in [9.17, 15) is 4.39 Å². The van der Waals surface area contributed by atoms with Crippen LogP contribution in [-0.4, -0.2) is 0 Å². The molecule has 120 valence electrons. The first-order valence-corrected chi connectivity index (χ1v) is 8.98. The van der Waals surface area contributed by atoms with Crippen LogP contribution in [0.5, 0.6) is 0 Å². The van der Waals surface area contributed by atoms with Gasteiger partial charge in [0.05, 0.1) is 5.56 Å². The summed E-state index contributed by atoms with van der Waals surface area (Å²) >= 11 is 0. The Labute approximate surface area is 139 Å². The van der Waals surface area contributed by atoms with Crippen LogP contribution >= 0.6 is 0 Å². The summed E-state index contributed by atoms with van der Waals surface area (Å²) in [5.41, 5.74) is 5.02. The van der Waals surface area contributed by atoms with Crippen LogP contribution in [0.2, 0.25) is 0 Å². The van der Waals surface area contributed by atoms with Crippen LogP contribution in [0.4, 0.5) is 4.39 Å². The zero-order valence-corrected chi connectivity index (χ0v) is 14.2. The van der Waals surface area contributed by atoms with Gasteiger partial charge in [0.1, 0.15) is 5.82 Å². The molecule has 2 fully saturated rings. The number of hydrogen-bond donors (Lipinski definition) is 0. The van der Waals surface area contributed by atoms with E-state index in [4.69, 9.17) is 0 Å². The maximum atomic E-state index is 14.2. The van der Waals surface area contributed by atoms with Crippen molar-refractivity contribution in [1.82, 2.24) is 0 Å². The second-order valence-electron chi connectivity index (χ2n) is 7.92. The molecule has 0 N–H and O–H groups in total. The third kappa shape index (κ3) is 2.11. The van der Waals surface area contributed by atoms with Crippen LogP contribution in [0.25, 0.3) is 0 Å². The summed E-state index contributed by atoms with van der Waals surface area (Å²) in [6.07, 6.45) is 7.19. The lowest BCUT2D eigenvalue weighted by Gasteiger charge is -2.49. The zero-order chi connectivity index (χ0) is 16.2. The van der Waals surface area contributed by atoms with E-state index in [1.165, 1.54) is 48.8 Å². The first kappa shape index (κ1) is 15.0. The predicted molar refractivity (Wildman–Crippen MR) is 92.7 cm³/mol. The number of hydrogen-bond acceptors (Lipinski definition) is 0. The fourth-order valence-corrected chi connectivity index (χ4v) is 5.73. The molecule has 0 spiro atoms. The molecular weight excluding hydrogens is 283 g/mol. The van der Waals surface area contributed by atoms with Crippen molar-refractivity contribution < 1.29 is 4.39 Å². The topological polar surface area (TPSA) is 0 Å². The van der Waals surface area contributed by atoms with Crippen molar-refractivity contribution in [3.05, 3.63) is 46.8 Å². The van der Waals surface area contributed by atoms with Gasteiger partial charge >= 0.3 is 0 Å². The van der Waals surface area contributed by atoms with E-state index in [1.54, 1.807) is 13.0 Å². The van der Waals surface area contributed by atoms with Gasteiger partial charge in [0.15, 0.2) is 0 Å². The molecule has 1 aromatic rings. The average molecular weight is 308 g/mol. The van der Waals surface area contributed by atoms with Gasteiger partial charge in [-0.15, -0.1) is 5.92 Å². The molecule has 0 saturated heterocycles. The summed E-state index contributed by atoms with van der Waals surface area (Å²) in [7, 11) is 0. The highest BCUT2D eigenvalue weighted by molar-refractivity contribution is 5.45. The van der Waals surface area contributed by atoms with Gasteiger partial charge in [0.2, 0.25) is 0 Å². The van der Waals surface area contributed by atoms with Crippen LogP contribution in [0.15, 0.2) is 24.3 Å². The van der Waals surface area contributed by atoms with Crippen molar-refractivity contribution in [2.45, 2.75) is 58.3 Å². The quantitative estimate of drug-likeness (QED) is 0.432. The summed E-state index contributed by atoms with van der Waals surface area (Å²) in [6.45, 7) is 8.59. The van der Waals surface area contributed by atoms with E-state index < -0.39 is 0 Å². The van der Waals surface area contributed by atoms with Gasteiger partial charge in [-0.3, -0.25) is 0 Å². The van der Waals surface area contributed by atoms with E-state index >= 15 is 0 Å². The summed E-state index contributed by atoms with van der Waals surface area (Å²) in [5, 5.41) is 0. The fraction of sp³-hybridized carbons (Fsp3) is 0.545. The maximum Gasteiger partial charge on any atom is 0.139 e. The lowest BCUT2D eigenvalue weighted by molar-refractivity contribution is 0.0816. The average Bonchev–Trinajstić information content (AvgIpc) is 2.84. The smallest absolute Gasteiger partial charge is 0.139 e. The molecule has 4 atom stereocenters. The van der Waals surface area contributed by atoms with Gasteiger partial charge in [-0.25, -0.2) is 4.39 Å². The monoisotopic (exact) mass is 308 g/mol. The number of rotatable bonds is 0. The Morgan fingerprint density at radius 3 is 2.83 bits per heavy atom. The Morgan fingerprint density at radius 2 is 2.04 bits per heavy atom. The first-order valence-electron chi connectivity index (χ1n) is 8.98. The van der Waals surface area contributed by atoms with E-state index in [1.807, 2.05) is 0 Å². The third-order valence-electron chi connectivity index (χ3n) is 7.03. The van der Waals surface area contributed by atoms with Gasteiger partial charge < -0.3 is 0 Å². The molecule has 0 nitrogen and oxygen atoms in total. The molecule has 1 heteroatoms. The van der Waals surface area contributed by atoms with E-state index in [0.717, 1.165) is 18.3 Å². The molecule has 0 aliphatic heterocycles. The number of allylic oxidation sites excluding steroid dienone is 1. The number of halogens is 1. The second-order valence-corrected chi connectivity index (χ2v) is 7.92. The lowest BCUT2D eigenvalue weighted by atomic mass is 9.55. The molecule has 3 aliphatic carbocycles. The molecule has 0 bridgehead atoms. The minimum Gasteiger partial charge on any atom is -0.206 e. The maximum absolute atomic E-state index is 14.2. The van der Waals surface area contributed by atoms with Gasteiger partial charge in [0, 0.05) is 0 Å². The van der Waals surface area contributed by atoms with E-state index in [0.29, 0.717) is 16.9 Å². The van der Waals surface area contributed by atoms with Gasteiger partial charge in [-0.05, 0) is 91.9 Å². The number of fused-ring (bicyclic) bond motifs is 5. The highest BCUT2D eigenvalue weighted by atomic mass is 19.1. The van der Waals surface area contributed by atoms with E-state index in [-0.39, 0.29) is 5.82 Å². The molecule has 4 unspecified atom stereocenters. The minimum absolute atomic E-state index is 0.147. The Kier molecular flexibility index (Phi) is 3.41. The normalized spacial score (nSPS) is 34.9. The zero-order valence-electron chi connectivity index (χ0n) is 14.2. The molecule has 0 radical (unpaired) electrons. The summed E-state index contributed by atoms with van der Waals surface area (Å²) in [6, 6.07) is 3.82. The Balaban J connectivity index is 1.75. The van der Waals surface area contributed by atoms with Crippen LogP contribution < -0.4 is 0 Å². The molecule has 0 aromatic heterocycles. The standard InChI is InChI=1S/C22H25F/c1-4-5-16-12-19-15(13-21(16)23)7-8-18-17(19)10-11-22(3)14(2)6-9-20(18)22/h12-13,17-18,20H,2,6-11H2,1,3H3. The second kappa shape index (κ2) is 5.23. The van der Waals surface area contributed by atoms with Gasteiger partial charge in [-0.1, -0.05) is 25.0 Å². The van der Waals surface area contributed by atoms with Crippen molar-refractivity contribution >= 4 is 0 Å². The lowest BCUT2D eigenvalue weighted by Crippen LogP contribution is -2.40. The fourth-order valence-electron chi connectivity index (χ4n) is 5.73. The highest BCUT2D eigenvalue weighted by Crippen LogP contribution is 2.62. The van der Waals surface area contributed by atoms with Crippen LogP contribution in [0.1, 0.15) is 68.6 Å². The highest BCUT2D eigenvalue weighted by Gasteiger charge is 2.51. The molecule has 0 heterocycles. The molecule has 2 saturated carbocycles. The predicted octanol–water partition coefficient (Wildman–Crippen LogP) is 5.61. The van der Waals surface area contributed by atoms with Gasteiger partial charge in [0.25, 0.3) is 0 Å². The summed E-state index contributed by atoms with van der Waals surface area (Å²) in [4.78, 5) is 0. The molecule has 23 heavy (non-hydrogen) atoms. The molecule has 4 rings (SSSR count). The first-order chi connectivity index (χ1) is 11.0. The molecule has 0 amide bonds. The Bertz CT molecular complexity index is 732. The van der Waals surface area contributed by atoms with Gasteiger partial charge in [-0.2, -0.15) is 0 Å². The van der Waals surface area contributed by atoms with Crippen molar-refractivity contribution in [2.24, 2.45) is 17.3 Å². The van der Waals surface area contributed by atoms with Crippen LogP contribution in [0.3, 0.4) is 0 Å². The number of benzene rings is 1.